The minimum absolute atomic E-state index is 0.178. The molecule has 1 amide bonds. The minimum Gasteiger partial charge on any atom is -0.460 e. The van der Waals surface area contributed by atoms with Crippen LogP contribution < -0.4 is 4.74 Å². The smallest absolute Gasteiger partial charge is 0.279 e. The molecule has 2 aliphatic rings. The van der Waals surface area contributed by atoms with Crippen LogP contribution in [-0.4, -0.2) is 50.8 Å². The Hall–Kier alpha value is -2.97. The third-order valence-electron chi connectivity index (χ3n) is 6.34. The minimum atomic E-state index is 0.178. The molecular weight excluding hydrogens is 412 g/mol. The number of aromatic nitrogens is 2. The number of ether oxygens (including phenoxy) is 1. The highest BCUT2D eigenvalue weighted by Gasteiger charge is 2.40. The topological polar surface area (TPSA) is 71.7 Å². The fourth-order valence-electron chi connectivity index (χ4n) is 4.80. The maximum Gasteiger partial charge on any atom is 0.279 e. The van der Waals surface area contributed by atoms with E-state index < -0.39 is 0 Å². The largest absolute Gasteiger partial charge is 0.460 e. The first kappa shape index (κ1) is 18.8. The molecule has 31 heavy (non-hydrogen) atoms. The van der Waals surface area contributed by atoms with Crippen molar-refractivity contribution in [2.75, 3.05) is 13.1 Å². The predicted molar refractivity (Wildman–Crippen MR) is 118 cm³/mol. The first-order valence-electron chi connectivity index (χ1n) is 10.5. The monoisotopic (exact) mass is 434 g/mol. The van der Waals surface area contributed by atoms with Crippen LogP contribution in [-0.2, 0) is 11.3 Å². The van der Waals surface area contributed by atoms with Gasteiger partial charge in [0.25, 0.3) is 5.19 Å². The number of hydrogen-bond acceptors (Lipinski definition) is 7. The zero-order valence-electron chi connectivity index (χ0n) is 17.2. The molecule has 2 saturated heterocycles. The number of furan rings is 1. The molecule has 0 spiro atoms. The summed E-state index contributed by atoms with van der Waals surface area (Å²) < 4.78 is 13.2. The van der Waals surface area contributed by atoms with Gasteiger partial charge in [0, 0.05) is 49.7 Å². The number of carbonyl (C=O) groups excluding carboxylic acids is 1. The zero-order valence-corrected chi connectivity index (χ0v) is 18.0. The number of thiazole rings is 1. The fourth-order valence-corrected chi connectivity index (χ4v) is 5.60. The molecule has 2 bridgehead atoms. The third kappa shape index (κ3) is 3.45. The molecule has 0 radical (unpaired) electrons. The third-order valence-corrected chi connectivity index (χ3v) is 7.25. The van der Waals surface area contributed by atoms with E-state index in [2.05, 4.69) is 20.9 Å². The van der Waals surface area contributed by atoms with Crippen molar-refractivity contribution in [3.8, 4) is 10.9 Å². The highest BCUT2D eigenvalue weighted by Crippen LogP contribution is 2.35. The molecule has 5 heterocycles. The van der Waals surface area contributed by atoms with Gasteiger partial charge in [-0.2, -0.15) is 0 Å². The lowest BCUT2D eigenvalue weighted by atomic mass is 10.1. The van der Waals surface area contributed by atoms with Crippen LogP contribution in [0.4, 0.5) is 0 Å². The average Bonchev–Trinajstić information content (AvgIpc) is 3.40. The van der Waals surface area contributed by atoms with E-state index in [9.17, 15) is 4.79 Å². The molecule has 8 heteroatoms. The van der Waals surface area contributed by atoms with E-state index in [1.165, 1.54) is 11.3 Å². The zero-order chi connectivity index (χ0) is 20.9. The van der Waals surface area contributed by atoms with Crippen molar-refractivity contribution in [1.29, 1.82) is 0 Å². The molecule has 2 atom stereocenters. The standard InChI is InChI=1S/C23H22N4O3S/c1-14(28)26-11-16-3-4-17(12-26)27(16)13-19-8-15-2-5-18(9-21(15)29-19)30-23-25-20-10-24-7-6-22(20)31-23/h2,5-10,16-17H,3-4,11-13H2,1H3/t16-,17+. The number of rotatable bonds is 4. The highest BCUT2D eigenvalue weighted by atomic mass is 32.1. The van der Waals surface area contributed by atoms with Gasteiger partial charge in [0.2, 0.25) is 5.91 Å². The molecule has 158 valence electrons. The van der Waals surface area contributed by atoms with Crippen molar-refractivity contribution in [3.63, 3.8) is 0 Å². The van der Waals surface area contributed by atoms with E-state index in [1.807, 2.05) is 29.2 Å². The summed E-state index contributed by atoms with van der Waals surface area (Å²) in [5.74, 6) is 1.83. The summed E-state index contributed by atoms with van der Waals surface area (Å²) in [5.41, 5.74) is 1.65. The quantitative estimate of drug-likeness (QED) is 0.473. The molecule has 7 nitrogen and oxygen atoms in total. The Morgan fingerprint density at radius 3 is 2.84 bits per heavy atom. The number of pyridine rings is 1. The number of hydrogen-bond donors (Lipinski definition) is 0. The van der Waals surface area contributed by atoms with Gasteiger partial charge in [-0.1, -0.05) is 11.3 Å². The van der Waals surface area contributed by atoms with E-state index in [-0.39, 0.29) is 5.91 Å². The average molecular weight is 435 g/mol. The van der Waals surface area contributed by atoms with Crippen molar-refractivity contribution >= 4 is 38.4 Å². The molecular formula is C23H22N4O3S. The van der Waals surface area contributed by atoms with Gasteiger partial charge in [0.1, 0.15) is 22.6 Å². The summed E-state index contributed by atoms with van der Waals surface area (Å²) in [6.45, 7) is 4.08. The summed E-state index contributed by atoms with van der Waals surface area (Å²) in [6.07, 6.45) is 5.78. The van der Waals surface area contributed by atoms with Crippen LogP contribution in [0.15, 0.2) is 47.1 Å². The Labute approximate surface area is 183 Å². The van der Waals surface area contributed by atoms with Crippen LogP contribution >= 0.6 is 11.3 Å². The van der Waals surface area contributed by atoms with Gasteiger partial charge < -0.3 is 14.1 Å². The Balaban J connectivity index is 1.20. The van der Waals surface area contributed by atoms with Gasteiger partial charge in [-0.05, 0) is 37.1 Å². The van der Waals surface area contributed by atoms with Crippen LogP contribution in [0.1, 0.15) is 25.5 Å². The number of amides is 1. The number of likely N-dealkylation sites (tertiary alicyclic amines) is 1. The van der Waals surface area contributed by atoms with Gasteiger partial charge in [-0.15, -0.1) is 0 Å². The highest BCUT2D eigenvalue weighted by molar-refractivity contribution is 7.20. The molecule has 4 aromatic rings. The van der Waals surface area contributed by atoms with Gasteiger partial charge in [0.15, 0.2) is 0 Å². The van der Waals surface area contributed by atoms with Crippen LogP contribution in [0.3, 0.4) is 0 Å². The van der Waals surface area contributed by atoms with Crippen molar-refractivity contribution < 1.29 is 13.9 Å². The van der Waals surface area contributed by atoms with Crippen molar-refractivity contribution in [3.05, 3.63) is 48.5 Å². The summed E-state index contributed by atoms with van der Waals surface area (Å²) in [5, 5.41) is 1.65. The summed E-state index contributed by atoms with van der Waals surface area (Å²) in [7, 11) is 0. The van der Waals surface area contributed by atoms with Crippen LogP contribution in [0, 0.1) is 0 Å². The summed E-state index contributed by atoms with van der Waals surface area (Å²) >= 11 is 1.50. The molecule has 0 aliphatic carbocycles. The SMILES string of the molecule is CC(=O)N1C[C@H]2CC[C@@H](C1)N2Cc1cc2ccc(Oc3nc4cnccc4s3)cc2o1. The molecule has 3 aromatic heterocycles. The summed E-state index contributed by atoms with van der Waals surface area (Å²) in [6, 6.07) is 10.8. The van der Waals surface area contributed by atoms with Gasteiger partial charge in [-0.3, -0.25) is 14.7 Å². The Morgan fingerprint density at radius 2 is 2.06 bits per heavy atom. The maximum atomic E-state index is 11.8. The Kier molecular flexibility index (Phi) is 4.43. The fraction of sp³-hybridized carbons (Fsp3) is 0.348. The number of fused-ring (bicyclic) bond motifs is 4. The second kappa shape index (κ2) is 7.32. The lowest BCUT2D eigenvalue weighted by Gasteiger charge is -2.40. The number of carbonyl (C=O) groups is 1. The second-order valence-electron chi connectivity index (χ2n) is 8.32. The van der Waals surface area contributed by atoms with Crippen molar-refractivity contribution in [1.82, 2.24) is 19.8 Å². The first-order chi connectivity index (χ1) is 15.1. The van der Waals surface area contributed by atoms with E-state index in [1.54, 1.807) is 19.3 Å². The predicted octanol–water partition coefficient (Wildman–Crippen LogP) is 4.42. The lowest BCUT2D eigenvalue weighted by Crippen LogP contribution is -2.54. The molecule has 0 saturated carbocycles. The van der Waals surface area contributed by atoms with Gasteiger partial charge in [-0.25, -0.2) is 4.98 Å². The van der Waals surface area contributed by atoms with Gasteiger partial charge in [0.05, 0.1) is 17.4 Å². The summed E-state index contributed by atoms with van der Waals surface area (Å²) in [4.78, 5) is 24.9. The number of nitrogens with zero attached hydrogens (tertiary/aromatic N) is 4. The maximum absolute atomic E-state index is 11.8. The molecule has 2 aliphatic heterocycles. The van der Waals surface area contributed by atoms with E-state index >= 15 is 0 Å². The molecule has 2 fully saturated rings. The normalized spacial score (nSPS) is 21.3. The number of piperazine rings is 1. The lowest BCUT2D eigenvalue weighted by molar-refractivity contribution is -0.132. The molecule has 6 rings (SSSR count). The van der Waals surface area contributed by atoms with Crippen LogP contribution in [0.2, 0.25) is 0 Å². The second-order valence-corrected chi connectivity index (χ2v) is 9.31. The van der Waals surface area contributed by atoms with Crippen molar-refractivity contribution in [2.45, 2.75) is 38.4 Å². The van der Waals surface area contributed by atoms with Crippen molar-refractivity contribution in [2.24, 2.45) is 0 Å². The first-order valence-corrected chi connectivity index (χ1v) is 11.4. The van der Waals surface area contributed by atoms with E-state index in [0.29, 0.717) is 23.0 Å². The number of benzene rings is 1. The molecule has 0 unspecified atom stereocenters. The van der Waals surface area contributed by atoms with Gasteiger partial charge >= 0.3 is 0 Å². The Bertz CT molecular complexity index is 1240. The van der Waals surface area contributed by atoms with E-state index in [0.717, 1.165) is 59.4 Å². The van der Waals surface area contributed by atoms with Crippen LogP contribution in [0.5, 0.6) is 10.9 Å². The molecule has 0 N–H and O–H groups in total. The molecule has 1 aromatic carbocycles. The Morgan fingerprint density at radius 1 is 1.23 bits per heavy atom. The van der Waals surface area contributed by atoms with E-state index in [4.69, 9.17) is 9.15 Å². The van der Waals surface area contributed by atoms with Crippen LogP contribution in [0.25, 0.3) is 21.2 Å².